The van der Waals surface area contributed by atoms with Gasteiger partial charge in [0.05, 0.1) is 0 Å². The number of esters is 2. The molecule has 0 bridgehead atoms. The minimum atomic E-state index is -0.999. The van der Waals surface area contributed by atoms with Gasteiger partial charge in [-0.1, -0.05) is 73.9 Å². The van der Waals surface area contributed by atoms with Crippen molar-refractivity contribution in [2.24, 2.45) is 0 Å². The fourth-order valence-corrected chi connectivity index (χ4v) is 2.89. The SMILES string of the molecule is C=CC(=O)Oc1cccc(C=Cc2ccc(C=Cc3cccc(OC(=O)C=C)c3)c(F)c2F)c1. The molecule has 3 rings (SSSR count). The summed E-state index contributed by atoms with van der Waals surface area (Å²) in [4.78, 5) is 22.6. The van der Waals surface area contributed by atoms with Crippen molar-refractivity contribution in [3.8, 4) is 11.5 Å². The maximum Gasteiger partial charge on any atom is 0.335 e. The number of carbonyl (C=O) groups excluding carboxylic acids is 2. The Morgan fingerprint density at radius 1 is 0.647 bits per heavy atom. The Morgan fingerprint density at radius 3 is 1.44 bits per heavy atom. The van der Waals surface area contributed by atoms with Gasteiger partial charge in [0, 0.05) is 23.3 Å². The van der Waals surface area contributed by atoms with Crippen LogP contribution in [0.25, 0.3) is 24.3 Å². The molecule has 0 atom stereocenters. The third-order valence-corrected chi connectivity index (χ3v) is 4.54. The van der Waals surface area contributed by atoms with E-state index in [1.165, 1.54) is 24.3 Å². The van der Waals surface area contributed by atoms with E-state index in [1.807, 2.05) is 0 Å². The maximum absolute atomic E-state index is 14.6. The largest absolute Gasteiger partial charge is 0.423 e. The van der Waals surface area contributed by atoms with Crippen LogP contribution in [-0.2, 0) is 9.59 Å². The monoisotopic (exact) mass is 458 g/mol. The van der Waals surface area contributed by atoms with E-state index >= 15 is 0 Å². The van der Waals surface area contributed by atoms with Gasteiger partial charge in [0.1, 0.15) is 11.5 Å². The lowest BCUT2D eigenvalue weighted by Crippen LogP contribution is -2.02. The lowest BCUT2D eigenvalue weighted by atomic mass is 10.1. The second kappa shape index (κ2) is 11.3. The van der Waals surface area contributed by atoms with Gasteiger partial charge in [0.25, 0.3) is 0 Å². The molecule has 0 aromatic heterocycles. The van der Waals surface area contributed by atoms with Crippen molar-refractivity contribution < 1.29 is 27.8 Å². The molecule has 0 amide bonds. The highest BCUT2D eigenvalue weighted by atomic mass is 19.2. The van der Waals surface area contributed by atoms with Crippen LogP contribution in [0, 0.1) is 11.6 Å². The molecule has 0 N–H and O–H groups in total. The maximum atomic E-state index is 14.6. The number of benzene rings is 3. The molecule has 3 aromatic carbocycles. The first-order valence-electron chi connectivity index (χ1n) is 10.1. The average molecular weight is 458 g/mol. The Bertz CT molecular complexity index is 1210. The van der Waals surface area contributed by atoms with Crippen LogP contribution < -0.4 is 9.47 Å². The Labute approximate surface area is 195 Å². The van der Waals surface area contributed by atoms with Crippen LogP contribution in [0.4, 0.5) is 8.78 Å². The summed E-state index contributed by atoms with van der Waals surface area (Å²) in [6.07, 6.45) is 8.11. The Kier molecular flexibility index (Phi) is 8.02. The summed E-state index contributed by atoms with van der Waals surface area (Å²) in [6.45, 7) is 6.67. The third-order valence-electron chi connectivity index (χ3n) is 4.54. The van der Waals surface area contributed by atoms with Crippen molar-refractivity contribution in [2.75, 3.05) is 0 Å². The molecule has 0 spiro atoms. The molecule has 4 nitrogen and oxygen atoms in total. The summed E-state index contributed by atoms with van der Waals surface area (Å²) in [6, 6.07) is 16.1. The Hall–Kier alpha value is -4.58. The second-order valence-electron chi connectivity index (χ2n) is 6.93. The van der Waals surface area contributed by atoms with Gasteiger partial charge in [0.2, 0.25) is 0 Å². The summed E-state index contributed by atoms with van der Waals surface area (Å²) >= 11 is 0. The van der Waals surface area contributed by atoms with Gasteiger partial charge in [0.15, 0.2) is 11.6 Å². The second-order valence-corrected chi connectivity index (χ2v) is 6.93. The van der Waals surface area contributed by atoms with Crippen LogP contribution in [0.3, 0.4) is 0 Å². The molecule has 0 saturated heterocycles. The Morgan fingerprint density at radius 2 is 1.06 bits per heavy atom. The van der Waals surface area contributed by atoms with Crippen LogP contribution >= 0.6 is 0 Å². The van der Waals surface area contributed by atoms with Gasteiger partial charge >= 0.3 is 11.9 Å². The molecule has 0 aliphatic rings. The molecule has 0 unspecified atom stereocenters. The van der Waals surface area contributed by atoms with E-state index in [-0.39, 0.29) is 11.1 Å². The number of rotatable bonds is 8. The predicted octanol–water partition coefficient (Wildman–Crippen LogP) is 6.49. The molecule has 34 heavy (non-hydrogen) atoms. The predicted molar refractivity (Wildman–Crippen MR) is 129 cm³/mol. The van der Waals surface area contributed by atoms with Crippen molar-refractivity contribution in [3.63, 3.8) is 0 Å². The van der Waals surface area contributed by atoms with Crippen LogP contribution in [0.15, 0.2) is 86.0 Å². The zero-order valence-corrected chi connectivity index (χ0v) is 18.0. The molecular formula is C28H20F2O4. The highest BCUT2D eigenvalue weighted by molar-refractivity contribution is 5.84. The van der Waals surface area contributed by atoms with Crippen LogP contribution in [0.1, 0.15) is 22.3 Å². The van der Waals surface area contributed by atoms with Crippen molar-refractivity contribution in [2.45, 2.75) is 0 Å². The fourth-order valence-electron chi connectivity index (χ4n) is 2.89. The number of hydrogen-bond donors (Lipinski definition) is 0. The average Bonchev–Trinajstić information content (AvgIpc) is 2.84. The number of hydrogen-bond acceptors (Lipinski definition) is 4. The van der Waals surface area contributed by atoms with Gasteiger partial charge in [-0.05, 0) is 35.4 Å². The lowest BCUT2D eigenvalue weighted by Gasteiger charge is -2.04. The highest BCUT2D eigenvalue weighted by Gasteiger charge is 2.10. The highest BCUT2D eigenvalue weighted by Crippen LogP contribution is 2.22. The number of halogens is 2. The van der Waals surface area contributed by atoms with Crippen molar-refractivity contribution in [1.29, 1.82) is 0 Å². The van der Waals surface area contributed by atoms with Gasteiger partial charge < -0.3 is 9.47 Å². The molecule has 170 valence electrons. The fraction of sp³-hybridized carbons (Fsp3) is 0. The molecule has 0 aliphatic heterocycles. The Balaban J connectivity index is 1.77. The first-order valence-corrected chi connectivity index (χ1v) is 10.1. The van der Waals surface area contributed by atoms with E-state index in [2.05, 4.69) is 13.2 Å². The van der Waals surface area contributed by atoms with Gasteiger partial charge in [-0.25, -0.2) is 18.4 Å². The van der Waals surface area contributed by atoms with Crippen LogP contribution in [0.5, 0.6) is 11.5 Å². The van der Waals surface area contributed by atoms with E-state index < -0.39 is 23.6 Å². The smallest absolute Gasteiger partial charge is 0.335 e. The van der Waals surface area contributed by atoms with E-state index in [9.17, 15) is 18.4 Å². The molecule has 0 saturated carbocycles. The quantitative estimate of drug-likeness (QED) is 0.168. The first-order chi connectivity index (χ1) is 16.4. The minimum Gasteiger partial charge on any atom is -0.423 e. The van der Waals surface area contributed by atoms with Crippen LogP contribution in [-0.4, -0.2) is 11.9 Å². The normalized spacial score (nSPS) is 10.9. The molecule has 0 aliphatic carbocycles. The molecule has 0 radical (unpaired) electrons. The first kappa shape index (κ1) is 24.1. The summed E-state index contributed by atoms with van der Waals surface area (Å²) in [7, 11) is 0. The topological polar surface area (TPSA) is 52.6 Å². The van der Waals surface area contributed by atoms with E-state index in [1.54, 1.807) is 60.7 Å². The standard InChI is InChI=1S/C28H20F2O4/c1-3-25(31)33-23-9-5-7-19(17-23)11-13-21-15-16-22(28(30)27(21)29)14-12-20-8-6-10-24(18-20)34-26(32)4-2/h3-18H,1-2H2. The van der Waals surface area contributed by atoms with Gasteiger partial charge in [-0.15, -0.1) is 0 Å². The van der Waals surface area contributed by atoms with Crippen molar-refractivity contribution in [1.82, 2.24) is 0 Å². The van der Waals surface area contributed by atoms with Crippen LogP contribution in [0.2, 0.25) is 0 Å². The van der Waals surface area contributed by atoms with E-state index in [4.69, 9.17) is 9.47 Å². The molecular weight excluding hydrogens is 438 g/mol. The summed E-state index contributed by atoms with van der Waals surface area (Å²) in [5, 5.41) is 0. The minimum absolute atomic E-state index is 0.0569. The van der Waals surface area contributed by atoms with E-state index in [0.29, 0.717) is 22.6 Å². The zero-order valence-electron chi connectivity index (χ0n) is 18.0. The van der Waals surface area contributed by atoms with Gasteiger partial charge in [-0.2, -0.15) is 0 Å². The number of ether oxygens (including phenoxy) is 2. The van der Waals surface area contributed by atoms with Crippen molar-refractivity contribution in [3.05, 3.63) is 120 Å². The van der Waals surface area contributed by atoms with Gasteiger partial charge in [-0.3, -0.25) is 0 Å². The summed E-state index contributed by atoms with van der Waals surface area (Å²) in [5.74, 6) is -2.57. The van der Waals surface area contributed by atoms with E-state index in [0.717, 1.165) is 12.2 Å². The summed E-state index contributed by atoms with van der Waals surface area (Å²) in [5.41, 5.74) is 1.38. The zero-order chi connectivity index (χ0) is 24.5. The van der Waals surface area contributed by atoms with Crippen molar-refractivity contribution >= 4 is 36.2 Å². The molecule has 0 fully saturated rings. The molecule has 6 heteroatoms. The lowest BCUT2D eigenvalue weighted by molar-refractivity contribution is -0.129. The number of carbonyl (C=O) groups is 2. The molecule has 3 aromatic rings. The third kappa shape index (κ3) is 6.46. The molecule has 0 heterocycles. The summed E-state index contributed by atoms with van der Waals surface area (Å²) < 4.78 is 39.4.